The molecule has 2 atom stereocenters. The van der Waals surface area contributed by atoms with E-state index in [4.69, 9.17) is 11.6 Å². The van der Waals surface area contributed by atoms with Gasteiger partial charge in [0.1, 0.15) is 23.1 Å². The number of hydrogen-bond acceptors (Lipinski definition) is 4. The standard InChI is InChI=1S/C26H28ClFN4O3/c1-14(2)13-29-7-8-31-24(34)26(3)12-18-17-10-19(27)20(28)11-21(17)30-22(18)23(32(26)25(31)35)15-5-4-6-16(33)9-15/h4-6,9-11,14,23,29-30,33H,7-8,12-13H2,1-3H3/t23-,26+/m1/s1. The highest BCUT2D eigenvalue weighted by Crippen LogP contribution is 2.49. The zero-order valence-corrected chi connectivity index (χ0v) is 20.6. The van der Waals surface area contributed by atoms with Crippen molar-refractivity contribution in [1.82, 2.24) is 20.1 Å². The van der Waals surface area contributed by atoms with Gasteiger partial charge in [-0.2, -0.15) is 0 Å². The second-order valence-electron chi connectivity index (χ2n) is 9.98. The van der Waals surface area contributed by atoms with E-state index in [1.54, 1.807) is 36.1 Å². The smallest absolute Gasteiger partial charge is 0.328 e. The Morgan fingerprint density at radius 2 is 2.06 bits per heavy atom. The predicted molar refractivity (Wildman–Crippen MR) is 132 cm³/mol. The Morgan fingerprint density at radius 3 is 2.77 bits per heavy atom. The van der Waals surface area contributed by atoms with Crippen LogP contribution in [0.5, 0.6) is 5.75 Å². The lowest BCUT2D eigenvalue weighted by Crippen LogP contribution is -2.53. The van der Waals surface area contributed by atoms with E-state index < -0.39 is 17.4 Å². The lowest BCUT2D eigenvalue weighted by atomic mass is 9.81. The number of aromatic nitrogens is 1. The first-order valence-corrected chi connectivity index (χ1v) is 12.1. The summed E-state index contributed by atoms with van der Waals surface area (Å²) in [5.41, 5.74) is 1.55. The molecule has 0 radical (unpaired) electrons. The van der Waals surface area contributed by atoms with Crippen molar-refractivity contribution in [3.63, 3.8) is 0 Å². The third-order valence-corrected chi connectivity index (χ3v) is 7.25. The number of aromatic hydroxyl groups is 1. The number of fused-ring (bicyclic) bond motifs is 4. The average Bonchev–Trinajstić information content (AvgIpc) is 3.22. The van der Waals surface area contributed by atoms with Crippen LogP contribution < -0.4 is 5.32 Å². The molecule has 1 aromatic heterocycles. The van der Waals surface area contributed by atoms with Crippen LogP contribution in [0.2, 0.25) is 5.02 Å². The third kappa shape index (κ3) is 3.76. The van der Waals surface area contributed by atoms with Gasteiger partial charge in [-0.25, -0.2) is 9.18 Å². The molecule has 7 nitrogen and oxygen atoms in total. The van der Waals surface area contributed by atoms with Crippen molar-refractivity contribution in [3.8, 4) is 5.75 Å². The molecule has 0 unspecified atom stereocenters. The molecule has 3 amide bonds. The molecule has 2 aliphatic heterocycles. The van der Waals surface area contributed by atoms with Gasteiger partial charge in [0.25, 0.3) is 5.91 Å². The van der Waals surface area contributed by atoms with Gasteiger partial charge in [-0.1, -0.05) is 37.6 Å². The SMILES string of the molecule is CC(C)CNCCN1C(=O)N2[C@H](c3cccc(O)c3)c3[nH]c4cc(F)c(Cl)cc4c3C[C@@]2(C)C1=O. The number of hydrogen-bond donors (Lipinski definition) is 3. The molecule has 2 aromatic carbocycles. The van der Waals surface area contributed by atoms with E-state index in [1.807, 2.05) is 6.07 Å². The fraction of sp³-hybridized carbons (Fsp3) is 0.385. The zero-order valence-electron chi connectivity index (χ0n) is 19.9. The quantitative estimate of drug-likeness (QED) is 0.343. The first kappa shape index (κ1) is 23.6. The van der Waals surface area contributed by atoms with E-state index in [2.05, 4.69) is 24.1 Å². The molecule has 0 spiro atoms. The van der Waals surface area contributed by atoms with Crippen molar-refractivity contribution in [2.24, 2.45) is 5.92 Å². The van der Waals surface area contributed by atoms with Crippen molar-refractivity contribution in [3.05, 3.63) is 64.1 Å². The topological polar surface area (TPSA) is 88.7 Å². The molecule has 9 heteroatoms. The normalized spacial score (nSPS) is 21.8. The van der Waals surface area contributed by atoms with Crippen LogP contribution in [-0.4, -0.2) is 57.0 Å². The van der Waals surface area contributed by atoms with Crippen LogP contribution in [0, 0.1) is 11.7 Å². The van der Waals surface area contributed by atoms with E-state index >= 15 is 0 Å². The maximum Gasteiger partial charge on any atom is 0.328 e. The minimum atomic E-state index is -1.14. The molecule has 5 rings (SSSR count). The fourth-order valence-electron chi connectivity index (χ4n) is 5.33. The molecule has 1 saturated heterocycles. The number of carbonyl (C=O) groups excluding carboxylic acids is 2. The van der Waals surface area contributed by atoms with Gasteiger partial charge in [0.2, 0.25) is 0 Å². The molecule has 3 N–H and O–H groups in total. The summed E-state index contributed by atoms with van der Waals surface area (Å²) in [4.78, 5) is 33.6. The Morgan fingerprint density at radius 1 is 1.29 bits per heavy atom. The first-order chi connectivity index (χ1) is 16.6. The van der Waals surface area contributed by atoms with E-state index in [1.165, 1.54) is 11.0 Å². The molecule has 0 bridgehead atoms. The Labute approximate surface area is 207 Å². The Balaban J connectivity index is 1.63. The number of amides is 3. The number of rotatable bonds is 6. The number of imide groups is 1. The van der Waals surface area contributed by atoms with Gasteiger partial charge < -0.3 is 15.4 Å². The largest absolute Gasteiger partial charge is 0.508 e. The van der Waals surface area contributed by atoms with Crippen molar-refractivity contribution < 1.29 is 19.1 Å². The number of H-pyrrole nitrogens is 1. The van der Waals surface area contributed by atoms with Crippen LogP contribution >= 0.6 is 11.6 Å². The van der Waals surface area contributed by atoms with Crippen LogP contribution in [0.1, 0.15) is 43.6 Å². The number of phenolic OH excluding ortho intramolecular Hbond substituents is 1. The lowest BCUT2D eigenvalue weighted by molar-refractivity contribution is -0.133. The van der Waals surface area contributed by atoms with E-state index in [9.17, 15) is 19.1 Å². The highest BCUT2D eigenvalue weighted by molar-refractivity contribution is 6.31. The Bertz CT molecular complexity index is 1340. The number of nitrogens with zero attached hydrogens (tertiary/aromatic N) is 2. The molecule has 3 aromatic rings. The van der Waals surface area contributed by atoms with Gasteiger partial charge in [0.15, 0.2) is 0 Å². The molecule has 184 valence electrons. The highest BCUT2D eigenvalue weighted by atomic mass is 35.5. The molecule has 1 fully saturated rings. The summed E-state index contributed by atoms with van der Waals surface area (Å²) in [6.45, 7) is 7.51. The first-order valence-electron chi connectivity index (χ1n) is 11.8. The second kappa shape index (κ2) is 8.53. The summed E-state index contributed by atoms with van der Waals surface area (Å²) in [5.74, 6) is -0.319. The van der Waals surface area contributed by atoms with Gasteiger partial charge in [-0.05, 0) is 54.8 Å². The Kier molecular flexibility index (Phi) is 5.76. The molecule has 0 aliphatic carbocycles. The van der Waals surface area contributed by atoms with Gasteiger partial charge in [0, 0.05) is 36.1 Å². The summed E-state index contributed by atoms with van der Waals surface area (Å²) >= 11 is 6.11. The third-order valence-electron chi connectivity index (χ3n) is 6.96. The monoisotopic (exact) mass is 498 g/mol. The molecule has 3 heterocycles. The van der Waals surface area contributed by atoms with Gasteiger partial charge in [0.05, 0.1) is 5.02 Å². The molecule has 2 aliphatic rings. The van der Waals surface area contributed by atoms with Gasteiger partial charge in [-0.3, -0.25) is 14.6 Å². The lowest BCUT2D eigenvalue weighted by Gasteiger charge is -2.42. The number of benzene rings is 2. The summed E-state index contributed by atoms with van der Waals surface area (Å²) in [5, 5.41) is 14.2. The van der Waals surface area contributed by atoms with Crippen LogP contribution in [0.25, 0.3) is 10.9 Å². The van der Waals surface area contributed by atoms with Gasteiger partial charge >= 0.3 is 6.03 Å². The number of nitrogens with one attached hydrogen (secondary N) is 2. The molecular weight excluding hydrogens is 471 g/mol. The van der Waals surface area contributed by atoms with Crippen molar-refractivity contribution in [1.29, 1.82) is 0 Å². The predicted octanol–water partition coefficient (Wildman–Crippen LogP) is 4.58. The molecular formula is C26H28ClFN4O3. The van der Waals surface area contributed by atoms with Crippen molar-refractivity contribution in [2.45, 2.75) is 38.8 Å². The summed E-state index contributed by atoms with van der Waals surface area (Å²) < 4.78 is 14.2. The van der Waals surface area contributed by atoms with Crippen molar-refractivity contribution in [2.75, 3.05) is 19.6 Å². The van der Waals surface area contributed by atoms with E-state index in [0.717, 1.165) is 17.5 Å². The van der Waals surface area contributed by atoms with Crippen LogP contribution in [0.3, 0.4) is 0 Å². The molecule has 0 saturated carbocycles. The molecule has 35 heavy (non-hydrogen) atoms. The maximum absolute atomic E-state index is 14.2. The summed E-state index contributed by atoms with van der Waals surface area (Å²) in [6, 6.07) is 8.49. The van der Waals surface area contributed by atoms with Crippen LogP contribution in [0.4, 0.5) is 9.18 Å². The average molecular weight is 499 g/mol. The zero-order chi connectivity index (χ0) is 25.1. The maximum atomic E-state index is 14.2. The number of aromatic amines is 1. The minimum Gasteiger partial charge on any atom is -0.508 e. The van der Waals surface area contributed by atoms with Crippen LogP contribution in [0.15, 0.2) is 36.4 Å². The van der Waals surface area contributed by atoms with E-state index in [0.29, 0.717) is 29.2 Å². The minimum absolute atomic E-state index is 0.00698. The van der Waals surface area contributed by atoms with Gasteiger partial charge in [-0.15, -0.1) is 0 Å². The van der Waals surface area contributed by atoms with E-state index in [-0.39, 0.29) is 35.7 Å². The summed E-state index contributed by atoms with van der Waals surface area (Å²) in [6.07, 6.45) is 0.264. The number of urea groups is 1. The fourth-order valence-corrected chi connectivity index (χ4v) is 5.49. The highest BCUT2D eigenvalue weighted by Gasteiger charge is 2.60. The number of halogens is 2. The summed E-state index contributed by atoms with van der Waals surface area (Å²) in [7, 11) is 0. The van der Waals surface area contributed by atoms with Crippen molar-refractivity contribution >= 4 is 34.4 Å². The second-order valence-corrected chi connectivity index (χ2v) is 10.4. The number of carbonyl (C=O) groups is 2. The Hall–Kier alpha value is -3.10. The van der Waals surface area contributed by atoms with Crippen LogP contribution in [-0.2, 0) is 11.2 Å². The number of phenols is 1.